The third kappa shape index (κ3) is 4.10. The number of halogens is 1. The lowest BCUT2D eigenvalue weighted by molar-refractivity contribution is 0.340. The van der Waals surface area contributed by atoms with E-state index in [2.05, 4.69) is 33.5 Å². The molecule has 0 aliphatic rings. The fourth-order valence-corrected chi connectivity index (χ4v) is 3.41. The summed E-state index contributed by atoms with van der Waals surface area (Å²) in [5.41, 5.74) is 3.80. The lowest BCUT2D eigenvalue weighted by atomic mass is 10.0. The largest absolute Gasteiger partial charge is 0.495 e. The van der Waals surface area contributed by atoms with Gasteiger partial charge < -0.3 is 14.8 Å². The lowest BCUT2D eigenvalue weighted by Crippen LogP contribution is -1.97. The van der Waals surface area contributed by atoms with E-state index >= 15 is 0 Å². The Morgan fingerprint density at radius 1 is 0.966 bits per heavy atom. The van der Waals surface area contributed by atoms with Crippen LogP contribution in [-0.2, 0) is 0 Å². The molecule has 4 rings (SSSR count). The van der Waals surface area contributed by atoms with Crippen LogP contribution < -0.4 is 14.8 Å². The maximum atomic E-state index is 6.25. The predicted molar refractivity (Wildman–Crippen MR) is 117 cm³/mol. The molecule has 0 atom stereocenters. The van der Waals surface area contributed by atoms with Gasteiger partial charge in [-0.2, -0.15) is 0 Å². The van der Waals surface area contributed by atoms with Gasteiger partial charge in [0.15, 0.2) is 0 Å². The number of rotatable bonds is 6. The van der Waals surface area contributed by atoms with Gasteiger partial charge in [-0.05, 0) is 60.5 Å². The van der Waals surface area contributed by atoms with E-state index in [0.29, 0.717) is 23.2 Å². The SMILES string of the molecule is CCOc1cccc(-c2ccc3ncnc(Nc4ccc(OC)c(Cl)c4)c3c2)c1. The first-order chi connectivity index (χ1) is 14.2. The zero-order valence-corrected chi connectivity index (χ0v) is 16.9. The summed E-state index contributed by atoms with van der Waals surface area (Å²) in [6.45, 7) is 2.61. The molecule has 0 saturated carbocycles. The highest BCUT2D eigenvalue weighted by atomic mass is 35.5. The third-order valence-electron chi connectivity index (χ3n) is 4.53. The molecule has 0 aliphatic carbocycles. The summed E-state index contributed by atoms with van der Waals surface area (Å²) < 4.78 is 10.8. The summed E-state index contributed by atoms with van der Waals surface area (Å²) in [5.74, 6) is 2.18. The van der Waals surface area contributed by atoms with Crippen LogP contribution in [0, 0.1) is 0 Å². The Hall–Kier alpha value is -3.31. The number of benzene rings is 3. The third-order valence-corrected chi connectivity index (χ3v) is 4.82. The van der Waals surface area contributed by atoms with Gasteiger partial charge in [0.05, 0.1) is 24.3 Å². The number of aromatic nitrogens is 2. The van der Waals surface area contributed by atoms with Gasteiger partial charge in [-0.25, -0.2) is 9.97 Å². The molecule has 0 radical (unpaired) electrons. The minimum Gasteiger partial charge on any atom is -0.495 e. The Morgan fingerprint density at radius 3 is 2.62 bits per heavy atom. The topological polar surface area (TPSA) is 56.3 Å². The van der Waals surface area contributed by atoms with Crippen molar-refractivity contribution >= 4 is 34.0 Å². The lowest BCUT2D eigenvalue weighted by Gasteiger charge is -2.12. The van der Waals surface area contributed by atoms with Gasteiger partial charge in [-0.1, -0.05) is 29.8 Å². The van der Waals surface area contributed by atoms with Crippen LogP contribution in [0.2, 0.25) is 5.02 Å². The summed E-state index contributed by atoms with van der Waals surface area (Å²) in [6.07, 6.45) is 1.55. The second-order valence-electron chi connectivity index (χ2n) is 6.39. The van der Waals surface area contributed by atoms with Gasteiger partial charge in [0.1, 0.15) is 23.6 Å². The van der Waals surface area contributed by atoms with Crippen molar-refractivity contribution in [3.05, 3.63) is 72.0 Å². The smallest absolute Gasteiger partial charge is 0.141 e. The molecule has 0 unspecified atom stereocenters. The van der Waals surface area contributed by atoms with Crippen LogP contribution in [0.1, 0.15) is 6.92 Å². The molecule has 0 fully saturated rings. The number of anilines is 2. The quantitative estimate of drug-likeness (QED) is 0.420. The molecule has 1 N–H and O–H groups in total. The molecule has 5 nitrogen and oxygen atoms in total. The summed E-state index contributed by atoms with van der Waals surface area (Å²) in [6, 6.07) is 19.7. The van der Waals surface area contributed by atoms with Crippen LogP contribution in [0.15, 0.2) is 67.0 Å². The van der Waals surface area contributed by atoms with Crippen LogP contribution in [0.3, 0.4) is 0 Å². The van der Waals surface area contributed by atoms with Crippen LogP contribution in [0.4, 0.5) is 11.5 Å². The summed E-state index contributed by atoms with van der Waals surface area (Å²) in [7, 11) is 1.59. The van der Waals surface area contributed by atoms with Gasteiger partial charge in [0, 0.05) is 11.1 Å². The molecule has 1 heterocycles. The van der Waals surface area contributed by atoms with E-state index in [1.54, 1.807) is 13.4 Å². The summed E-state index contributed by atoms with van der Waals surface area (Å²) in [5, 5.41) is 4.78. The molecule has 3 aromatic carbocycles. The average molecular weight is 406 g/mol. The minimum atomic E-state index is 0.532. The van der Waals surface area contributed by atoms with Crippen molar-refractivity contribution in [2.75, 3.05) is 19.0 Å². The van der Waals surface area contributed by atoms with Crippen LogP contribution in [0.25, 0.3) is 22.0 Å². The molecule has 146 valence electrons. The second kappa shape index (κ2) is 8.37. The molecular formula is C23H20ClN3O2. The fraction of sp³-hybridized carbons (Fsp3) is 0.130. The van der Waals surface area contributed by atoms with E-state index in [9.17, 15) is 0 Å². The Labute approximate surface area is 174 Å². The van der Waals surface area contributed by atoms with E-state index in [0.717, 1.165) is 33.5 Å². The number of ether oxygens (including phenoxy) is 2. The van der Waals surface area contributed by atoms with Gasteiger partial charge in [0.2, 0.25) is 0 Å². The minimum absolute atomic E-state index is 0.532. The van der Waals surface area contributed by atoms with Gasteiger partial charge in [0.25, 0.3) is 0 Å². The summed E-state index contributed by atoms with van der Waals surface area (Å²) >= 11 is 6.25. The van der Waals surface area contributed by atoms with Crippen molar-refractivity contribution in [3.8, 4) is 22.6 Å². The van der Waals surface area contributed by atoms with E-state index in [-0.39, 0.29) is 0 Å². The van der Waals surface area contributed by atoms with E-state index in [1.165, 1.54) is 0 Å². The summed E-state index contributed by atoms with van der Waals surface area (Å²) in [4.78, 5) is 8.82. The fourth-order valence-electron chi connectivity index (χ4n) is 3.15. The van der Waals surface area contributed by atoms with Gasteiger partial charge in [-0.3, -0.25) is 0 Å². The molecule has 0 amide bonds. The number of nitrogens with zero attached hydrogens (tertiary/aromatic N) is 2. The highest BCUT2D eigenvalue weighted by Crippen LogP contribution is 2.32. The van der Waals surface area contributed by atoms with E-state index in [4.69, 9.17) is 21.1 Å². The van der Waals surface area contributed by atoms with E-state index in [1.807, 2.05) is 49.4 Å². The molecule has 0 saturated heterocycles. The Balaban J connectivity index is 1.73. The molecule has 0 bridgehead atoms. The molecule has 6 heteroatoms. The van der Waals surface area contributed by atoms with Crippen molar-refractivity contribution < 1.29 is 9.47 Å². The second-order valence-corrected chi connectivity index (χ2v) is 6.80. The Morgan fingerprint density at radius 2 is 1.83 bits per heavy atom. The molecule has 4 aromatic rings. The molecule has 1 aromatic heterocycles. The first-order valence-corrected chi connectivity index (χ1v) is 9.64. The van der Waals surface area contributed by atoms with Crippen LogP contribution in [-0.4, -0.2) is 23.7 Å². The molecule has 0 spiro atoms. The zero-order valence-electron chi connectivity index (χ0n) is 16.1. The predicted octanol–water partition coefficient (Wildman–Crippen LogP) is 6.10. The first-order valence-electron chi connectivity index (χ1n) is 9.26. The first kappa shape index (κ1) is 19.0. The maximum absolute atomic E-state index is 6.25. The Bertz CT molecular complexity index is 1160. The molecule has 29 heavy (non-hydrogen) atoms. The van der Waals surface area contributed by atoms with Crippen molar-refractivity contribution in [2.24, 2.45) is 0 Å². The van der Waals surface area contributed by atoms with E-state index < -0.39 is 0 Å². The zero-order chi connectivity index (χ0) is 20.2. The highest BCUT2D eigenvalue weighted by molar-refractivity contribution is 6.32. The Kier molecular flexibility index (Phi) is 5.49. The van der Waals surface area contributed by atoms with Crippen molar-refractivity contribution in [2.45, 2.75) is 6.92 Å². The van der Waals surface area contributed by atoms with Gasteiger partial charge >= 0.3 is 0 Å². The monoisotopic (exact) mass is 405 g/mol. The maximum Gasteiger partial charge on any atom is 0.141 e. The van der Waals surface area contributed by atoms with Crippen LogP contribution in [0.5, 0.6) is 11.5 Å². The van der Waals surface area contributed by atoms with Crippen molar-refractivity contribution in [3.63, 3.8) is 0 Å². The van der Waals surface area contributed by atoms with Crippen LogP contribution >= 0.6 is 11.6 Å². The van der Waals surface area contributed by atoms with Crippen molar-refractivity contribution in [1.29, 1.82) is 0 Å². The highest BCUT2D eigenvalue weighted by Gasteiger charge is 2.09. The van der Waals surface area contributed by atoms with Gasteiger partial charge in [-0.15, -0.1) is 0 Å². The number of nitrogens with one attached hydrogen (secondary N) is 1. The number of hydrogen-bond donors (Lipinski definition) is 1. The number of methoxy groups -OCH3 is 1. The number of fused-ring (bicyclic) bond motifs is 1. The average Bonchev–Trinajstić information content (AvgIpc) is 2.74. The standard InChI is InChI=1S/C23H20ClN3O2/c1-3-29-18-6-4-5-15(11-18)16-7-9-21-19(12-16)23(26-14-25-21)27-17-8-10-22(28-2)20(24)13-17/h4-14H,3H2,1-2H3,(H,25,26,27). The van der Waals surface area contributed by atoms with Crippen molar-refractivity contribution in [1.82, 2.24) is 9.97 Å². The normalized spacial score (nSPS) is 10.7. The molecular weight excluding hydrogens is 386 g/mol. The molecule has 0 aliphatic heterocycles. The number of hydrogen-bond acceptors (Lipinski definition) is 5.